The predicted molar refractivity (Wildman–Crippen MR) is 41.3 cm³/mol. The lowest BCUT2D eigenvalue weighted by Crippen LogP contribution is -2.61. The molecule has 3 N–H and O–H groups in total. The van der Waals surface area contributed by atoms with Crippen molar-refractivity contribution >= 4 is 0 Å². The van der Waals surface area contributed by atoms with Crippen molar-refractivity contribution < 1.29 is 19.8 Å². The van der Waals surface area contributed by atoms with E-state index in [0.29, 0.717) is 6.54 Å². The minimum absolute atomic E-state index is 0.149. The highest BCUT2D eigenvalue weighted by atomic mass is 16.5. The molecule has 4 nitrogen and oxygen atoms in total. The number of aliphatic hydroxyl groups excluding tert-OH is 1. The van der Waals surface area contributed by atoms with Crippen LogP contribution in [0.2, 0.25) is 0 Å². The average Bonchev–Trinajstić information content (AvgIpc) is 1.86. The van der Waals surface area contributed by atoms with Crippen molar-refractivity contribution in [3.63, 3.8) is 0 Å². The fourth-order valence-electron chi connectivity index (χ4n) is 0.910. The summed E-state index contributed by atoms with van der Waals surface area (Å²) in [6.07, 6.45) is 0.799. The van der Waals surface area contributed by atoms with Crippen LogP contribution in [0.1, 0.15) is 20.3 Å². The predicted octanol–water partition coefficient (Wildman–Crippen LogP) is -0.549. The minimum Gasteiger partial charge on any atom is -0.347 e. The van der Waals surface area contributed by atoms with E-state index in [1.54, 1.807) is 7.05 Å². The van der Waals surface area contributed by atoms with Crippen LogP contribution in [0.15, 0.2) is 0 Å². The van der Waals surface area contributed by atoms with Gasteiger partial charge in [-0.05, 0) is 6.42 Å². The molecule has 0 heterocycles. The third-order valence-corrected chi connectivity index (χ3v) is 2.05. The Bertz CT molecular complexity index is 121. The van der Waals surface area contributed by atoms with Crippen LogP contribution in [-0.2, 0) is 0 Å². The van der Waals surface area contributed by atoms with E-state index in [1.807, 2.05) is 6.92 Å². The summed E-state index contributed by atoms with van der Waals surface area (Å²) >= 11 is 0. The first-order valence-corrected chi connectivity index (χ1v) is 3.77. The quantitative estimate of drug-likeness (QED) is 0.386. The van der Waals surface area contributed by atoms with Gasteiger partial charge >= 0.3 is 5.91 Å². The zero-order chi connectivity index (χ0) is 9.12. The van der Waals surface area contributed by atoms with Gasteiger partial charge in [-0.1, -0.05) is 6.92 Å². The standard InChI is InChI=1S/C7H18NO3/c1-4-5-8(3,6-9)7(2,10)11/h9-11H,4-6H2,1-3H3/q+1. The van der Waals surface area contributed by atoms with Crippen LogP contribution in [-0.4, -0.2) is 46.0 Å². The van der Waals surface area contributed by atoms with E-state index in [0.717, 1.165) is 6.42 Å². The van der Waals surface area contributed by atoms with Gasteiger partial charge in [-0.25, -0.2) is 0 Å². The van der Waals surface area contributed by atoms with Gasteiger partial charge in [0.2, 0.25) is 0 Å². The molecule has 0 saturated heterocycles. The number of rotatable bonds is 4. The first-order chi connectivity index (χ1) is 4.87. The molecule has 0 aromatic rings. The largest absolute Gasteiger partial charge is 0.347 e. The number of hydrogen-bond acceptors (Lipinski definition) is 3. The maximum absolute atomic E-state index is 9.24. The molecule has 0 saturated carbocycles. The summed E-state index contributed by atoms with van der Waals surface area (Å²) in [5.74, 6) is -1.86. The molecule has 0 amide bonds. The molecule has 0 aliphatic carbocycles. The Morgan fingerprint density at radius 3 is 1.91 bits per heavy atom. The maximum atomic E-state index is 9.24. The SMILES string of the molecule is CCC[N+](C)(CO)C(C)(O)O. The molecule has 0 bridgehead atoms. The summed E-state index contributed by atoms with van der Waals surface area (Å²) in [6.45, 7) is 3.48. The van der Waals surface area contributed by atoms with Crippen LogP contribution in [0.25, 0.3) is 0 Å². The van der Waals surface area contributed by atoms with Gasteiger partial charge in [-0.2, -0.15) is 0 Å². The van der Waals surface area contributed by atoms with Crippen LogP contribution in [0, 0.1) is 0 Å². The lowest BCUT2D eigenvalue weighted by Gasteiger charge is -2.39. The molecule has 0 fully saturated rings. The molecule has 68 valence electrons. The van der Waals surface area contributed by atoms with Gasteiger partial charge in [0.1, 0.15) is 0 Å². The summed E-state index contributed by atoms with van der Waals surface area (Å²) in [6, 6.07) is 0. The fraction of sp³-hybridized carbons (Fsp3) is 1.00. The maximum Gasteiger partial charge on any atom is 0.312 e. The molecular formula is C7H18NO3+. The summed E-state index contributed by atoms with van der Waals surface area (Å²) in [5.41, 5.74) is 0. The monoisotopic (exact) mass is 164 g/mol. The van der Waals surface area contributed by atoms with Gasteiger partial charge in [-0.15, -0.1) is 0 Å². The van der Waals surface area contributed by atoms with E-state index >= 15 is 0 Å². The van der Waals surface area contributed by atoms with Crippen LogP contribution in [0.3, 0.4) is 0 Å². The minimum atomic E-state index is -1.86. The summed E-state index contributed by atoms with van der Waals surface area (Å²) in [5, 5.41) is 27.4. The van der Waals surface area contributed by atoms with Crippen LogP contribution in [0.4, 0.5) is 0 Å². The Morgan fingerprint density at radius 2 is 1.82 bits per heavy atom. The highest BCUT2D eigenvalue weighted by molar-refractivity contribution is 4.41. The molecular weight excluding hydrogens is 146 g/mol. The molecule has 0 spiro atoms. The Labute approximate surface area is 67.3 Å². The van der Waals surface area contributed by atoms with Crippen molar-refractivity contribution in [2.24, 2.45) is 0 Å². The zero-order valence-electron chi connectivity index (χ0n) is 7.41. The lowest BCUT2D eigenvalue weighted by atomic mass is 10.3. The molecule has 1 unspecified atom stereocenters. The van der Waals surface area contributed by atoms with Gasteiger partial charge in [0, 0.05) is 6.92 Å². The first kappa shape index (κ1) is 10.8. The molecule has 4 heteroatoms. The summed E-state index contributed by atoms with van der Waals surface area (Å²) in [7, 11) is 1.60. The van der Waals surface area contributed by atoms with E-state index < -0.39 is 5.91 Å². The second-order valence-corrected chi connectivity index (χ2v) is 3.23. The van der Waals surface area contributed by atoms with Gasteiger partial charge in [0.15, 0.2) is 6.73 Å². The Balaban J connectivity index is 4.33. The van der Waals surface area contributed by atoms with Crippen molar-refractivity contribution in [2.45, 2.75) is 26.2 Å². The van der Waals surface area contributed by atoms with Crippen molar-refractivity contribution in [3.05, 3.63) is 0 Å². The molecule has 0 radical (unpaired) electrons. The van der Waals surface area contributed by atoms with Gasteiger partial charge in [0.05, 0.1) is 13.6 Å². The number of nitrogens with zero attached hydrogens (tertiary/aromatic N) is 1. The van der Waals surface area contributed by atoms with Crippen molar-refractivity contribution in [1.82, 2.24) is 0 Å². The molecule has 0 aromatic carbocycles. The Hall–Kier alpha value is -0.160. The van der Waals surface area contributed by atoms with E-state index in [4.69, 9.17) is 5.11 Å². The summed E-state index contributed by atoms with van der Waals surface area (Å²) in [4.78, 5) is 0. The van der Waals surface area contributed by atoms with Crippen LogP contribution in [0.5, 0.6) is 0 Å². The molecule has 0 aromatic heterocycles. The van der Waals surface area contributed by atoms with E-state index in [1.165, 1.54) is 6.92 Å². The Kier molecular flexibility index (Phi) is 3.44. The molecule has 0 aliphatic rings. The first-order valence-electron chi connectivity index (χ1n) is 3.77. The zero-order valence-corrected chi connectivity index (χ0v) is 7.41. The molecule has 0 aliphatic heterocycles. The van der Waals surface area contributed by atoms with Crippen LogP contribution >= 0.6 is 0 Å². The van der Waals surface area contributed by atoms with E-state index in [9.17, 15) is 10.2 Å². The van der Waals surface area contributed by atoms with Crippen molar-refractivity contribution in [2.75, 3.05) is 20.3 Å². The van der Waals surface area contributed by atoms with Crippen molar-refractivity contribution in [1.29, 1.82) is 0 Å². The average molecular weight is 164 g/mol. The third kappa shape index (κ3) is 2.41. The molecule has 11 heavy (non-hydrogen) atoms. The molecule has 0 rings (SSSR count). The normalized spacial score (nSPS) is 18.0. The second-order valence-electron chi connectivity index (χ2n) is 3.23. The molecule has 1 atom stereocenters. The van der Waals surface area contributed by atoms with Gasteiger partial charge < -0.3 is 15.3 Å². The number of quaternary nitrogens is 1. The highest BCUT2D eigenvalue weighted by Gasteiger charge is 2.39. The lowest BCUT2D eigenvalue weighted by molar-refractivity contribution is -1.02. The topological polar surface area (TPSA) is 60.7 Å². The highest BCUT2D eigenvalue weighted by Crippen LogP contribution is 2.16. The van der Waals surface area contributed by atoms with Gasteiger partial charge in [0.25, 0.3) is 0 Å². The van der Waals surface area contributed by atoms with E-state index in [-0.39, 0.29) is 11.2 Å². The number of hydrogen-bond donors (Lipinski definition) is 3. The third-order valence-electron chi connectivity index (χ3n) is 2.05. The van der Waals surface area contributed by atoms with E-state index in [2.05, 4.69) is 0 Å². The summed E-state index contributed by atoms with van der Waals surface area (Å²) < 4.78 is -0.149. The second kappa shape index (κ2) is 3.49. The number of aliphatic hydroxyl groups is 3. The smallest absolute Gasteiger partial charge is 0.312 e. The fourth-order valence-corrected chi connectivity index (χ4v) is 0.910. The Morgan fingerprint density at radius 1 is 1.36 bits per heavy atom. The van der Waals surface area contributed by atoms with Crippen molar-refractivity contribution in [3.8, 4) is 0 Å². The van der Waals surface area contributed by atoms with Crippen LogP contribution < -0.4 is 0 Å². The van der Waals surface area contributed by atoms with Gasteiger partial charge in [-0.3, -0.25) is 4.48 Å².